The molecule has 0 aliphatic rings. The number of hydrogen-bond acceptors (Lipinski definition) is 3. The van der Waals surface area contributed by atoms with Crippen molar-refractivity contribution >= 4 is 30.3 Å². The zero-order chi connectivity index (χ0) is 39.3. The third-order valence-electron chi connectivity index (χ3n) is 8.33. The van der Waals surface area contributed by atoms with Gasteiger partial charge in [-0.15, -0.1) is 0 Å². The Morgan fingerprint density at radius 2 is 0.815 bits per heavy atom. The maximum atomic E-state index is 11.9. The second kappa shape index (κ2) is 22.7. The van der Waals surface area contributed by atoms with Crippen LogP contribution in [0.3, 0.4) is 0 Å². The van der Waals surface area contributed by atoms with Crippen molar-refractivity contribution in [2.24, 2.45) is 0 Å². The molecule has 0 saturated heterocycles. The number of carbonyl (C=O) groups is 2. The Balaban J connectivity index is 0.000000204. The normalized spacial score (nSPS) is 10.9. The second-order valence-corrected chi connectivity index (χ2v) is 13.2. The van der Waals surface area contributed by atoms with Gasteiger partial charge >= 0.3 is 0 Å². The average Bonchev–Trinajstić information content (AvgIpc) is 3.19. The number of ketones is 1. The van der Waals surface area contributed by atoms with Gasteiger partial charge in [-0.2, -0.15) is 0 Å². The van der Waals surface area contributed by atoms with Gasteiger partial charge in [-0.05, 0) is 69.9 Å². The fourth-order valence-electron chi connectivity index (χ4n) is 4.77. The predicted molar refractivity (Wildman–Crippen MR) is 230 cm³/mol. The highest BCUT2D eigenvalue weighted by Gasteiger charge is 2.02. The van der Waals surface area contributed by atoms with Gasteiger partial charge in [0.15, 0.2) is 5.78 Å². The predicted octanol–water partition coefficient (Wildman–Crippen LogP) is 12.7. The fourth-order valence-corrected chi connectivity index (χ4v) is 4.77. The molecule has 6 rings (SSSR count). The van der Waals surface area contributed by atoms with Crippen molar-refractivity contribution in [1.29, 1.82) is 0 Å². The molecule has 274 valence electrons. The van der Waals surface area contributed by atoms with Crippen molar-refractivity contribution < 1.29 is 14.7 Å². The topological polar surface area (TPSA) is 54.4 Å². The van der Waals surface area contributed by atoms with E-state index in [1.807, 2.05) is 161 Å². The largest absolute Gasteiger partial charge is 0.384 e. The van der Waals surface area contributed by atoms with Crippen LogP contribution in [0.25, 0.3) is 18.2 Å². The summed E-state index contributed by atoms with van der Waals surface area (Å²) in [5.41, 5.74) is 13.0. The first-order valence-corrected chi connectivity index (χ1v) is 18.0. The van der Waals surface area contributed by atoms with Gasteiger partial charge in [0, 0.05) is 11.1 Å². The van der Waals surface area contributed by atoms with E-state index in [2.05, 4.69) is 56.8 Å². The van der Waals surface area contributed by atoms with E-state index in [4.69, 9.17) is 0 Å². The van der Waals surface area contributed by atoms with Crippen LogP contribution < -0.4 is 0 Å². The fraction of sp³-hybridized carbons (Fsp3) is 0.137. The molecule has 0 aliphatic carbocycles. The molecule has 54 heavy (non-hydrogen) atoms. The molecule has 6 aromatic carbocycles. The first-order valence-electron chi connectivity index (χ1n) is 18.0. The summed E-state index contributed by atoms with van der Waals surface area (Å²) in [6, 6.07) is 47.6. The molecule has 0 aromatic heterocycles. The number of aldehydes is 1. The zero-order valence-electron chi connectivity index (χ0n) is 32.4. The van der Waals surface area contributed by atoms with Crippen LogP contribution in [0.5, 0.6) is 0 Å². The summed E-state index contributed by atoms with van der Waals surface area (Å²) in [5.74, 6) is 0.0376. The highest BCUT2D eigenvalue weighted by molar-refractivity contribution is 6.06. The Morgan fingerprint density at radius 1 is 0.481 bits per heavy atom. The van der Waals surface area contributed by atoms with Crippen LogP contribution in [0, 0.1) is 41.5 Å². The molecule has 1 N–H and O–H groups in total. The standard InChI is InChI=1S/C17H18O.C17H16O.C9H10.C8H8O/c2*1-13-3-7-15(8-4-13)9-12-17(18)16-10-5-14(2)6-11-16;1-3-9-6-4-8(2)5-7-9;1-7-2-4-8(6-9)5-3-7/h3-12,17-18H,1-2H3;3-12H,1-2H3;3-7H,1H2,2H3;2-6H,1H3/b2*12-9+;;. The van der Waals surface area contributed by atoms with Crippen LogP contribution in [0.15, 0.2) is 164 Å². The van der Waals surface area contributed by atoms with Gasteiger partial charge in [-0.25, -0.2) is 0 Å². The maximum absolute atomic E-state index is 11.9. The number of benzene rings is 6. The molecule has 0 aliphatic heterocycles. The van der Waals surface area contributed by atoms with Gasteiger partial charge in [-0.3, -0.25) is 9.59 Å². The lowest BCUT2D eigenvalue weighted by atomic mass is 10.1. The van der Waals surface area contributed by atoms with Gasteiger partial charge in [-0.1, -0.05) is 210 Å². The van der Waals surface area contributed by atoms with Crippen molar-refractivity contribution in [3.05, 3.63) is 231 Å². The Bertz CT molecular complexity index is 2020. The zero-order valence-corrected chi connectivity index (χ0v) is 32.4. The number of rotatable bonds is 8. The Hall–Kier alpha value is -6.16. The van der Waals surface area contributed by atoms with E-state index in [1.165, 1.54) is 33.4 Å². The molecule has 3 heteroatoms. The highest BCUT2D eigenvalue weighted by Crippen LogP contribution is 2.17. The minimum Gasteiger partial charge on any atom is -0.384 e. The highest BCUT2D eigenvalue weighted by atomic mass is 16.3. The third kappa shape index (κ3) is 16.0. The number of hydrogen-bond donors (Lipinski definition) is 1. The molecule has 3 nitrogen and oxygen atoms in total. The van der Waals surface area contributed by atoms with E-state index >= 15 is 0 Å². The minimum atomic E-state index is -0.549. The summed E-state index contributed by atoms with van der Waals surface area (Å²) in [6.07, 6.45) is 9.38. The second-order valence-electron chi connectivity index (χ2n) is 13.2. The van der Waals surface area contributed by atoms with Crippen LogP contribution in [-0.4, -0.2) is 17.2 Å². The number of allylic oxidation sites excluding steroid dienone is 1. The molecule has 0 spiro atoms. The van der Waals surface area contributed by atoms with E-state index < -0.39 is 6.10 Å². The first kappa shape index (κ1) is 42.3. The summed E-state index contributed by atoms with van der Waals surface area (Å²) in [6.45, 7) is 15.9. The maximum Gasteiger partial charge on any atom is 0.185 e. The van der Waals surface area contributed by atoms with Crippen LogP contribution in [0.1, 0.15) is 82.5 Å². The number of aryl methyl sites for hydroxylation is 6. The van der Waals surface area contributed by atoms with E-state index in [0.29, 0.717) is 0 Å². The smallest absolute Gasteiger partial charge is 0.185 e. The molecule has 6 aromatic rings. The summed E-state index contributed by atoms with van der Waals surface area (Å²) in [4.78, 5) is 22.0. The van der Waals surface area contributed by atoms with Crippen LogP contribution in [0.4, 0.5) is 0 Å². The van der Waals surface area contributed by atoms with E-state index in [0.717, 1.165) is 39.7 Å². The molecule has 1 atom stereocenters. The lowest BCUT2D eigenvalue weighted by Crippen LogP contribution is -1.93. The molecule has 1 unspecified atom stereocenters. The quantitative estimate of drug-likeness (QED) is 0.0971. The van der Waals surface area contributed by atoms with Gasteiger partial charge < -0.3 is 5.11 Å². The molecule has 0 amide bonds. The molecular weight excluding hydrogens is 661 g/mol. The van der Waals surface area contributed by atoms with Crippen molar-refractivity contribution in [2.45, 2.75) is 47.6 Å². The van der Waals surface area contributed by atoms with Crippen molar-refractivity contribution in [2.75, 3.05) is 0 Å². The van der Waals surface area contributed by atoms with E-state index in [9.17, 15) is 14.7 Å². The first-order chi connectivity index (χ1) is 25.9. The van der Waals surface area contributed by atoms with Crippen molar-refractivity contribution in [3.63, 3.8) is 0 Å². The number of carbonyl (C=O) groups excluding carboxylic acids is 2. The van der Waals surface area contributed by atoms with Gasteiger partial charge in [0.25, 0.3) is 0 Å². The lowest BCUT2D eigenvalue weighted by Gasteiger charge is -2.06. The van der Waals surface area contributed by atoms with Crippen LogP contribution in [-0.2, 0) is 0 Å². The molecular formula is C51H52O3. The average molecular weight is 713 g/mol. The van der Waals surface area contributed by atoms with Crippen molar-refractivity contribution in [1.82, 2.24) is 0 Å². The molecule has 0 fully saturated rings. The third-order valence-corrected chi connectivity index (χ3v) is 8.33. The summed E-state index contributed by atoms with van der Waals surface area (Å²) < 4.78 is 0. The molecule has 0 heterocycles. The molecule has 0 saturated carbocycles. The van der Waals surface area contributed by atoms with E-state index in [-0.39, 0.29) is 5.78 Å². The van der Waals surface area contributed by atoms with Gasteiger partial charge in [0.2, 0.25) is 0 Å². The van der Waals surface area contributed by atoms with Crippen molar-refractivity contribution in [3.8, 4) is 0 Å². The monoisotopic (exact) mass is 712 g/mol. The summed E-state index contributed by atoms with van der Waals surface area (Å²) in [5, 5.41) is 10.0. The number of aliphatic hydroxyl groups is 1. The molecule has 0 bridgehead atoms. The van der Waals surface area contributed by atoms with Crippen LogP contribution in [0.2, 0.25) is 0 Å². The van der Waals surface area contributed by atoms with Gasteiger partial charge in [0.1, 0.15) is 6.29 Å². The lowest BCUT2D eigenvalue weighted by molar-refractivity contribution is 0.104. The Labute approximate surface area is 322 Å². The summed E-state index contributed by atoms with van der Waals surface area (Å²) >= 11 is 0. The minimum absolute atomic E-state index is 0.0376. The Kier molecular flexibility index (Phi) is 17.8. The van der Waals surface area contributed by atoms with Gasteiger partial charge in [0.05, 0.1) is 6.10 Å². The number of aliphatic hydroxyl groups excluding tert-OH is 1. The van der Waals surface area contributed by atoms with E-state index in [1.54, 1.807) is 6.08 Å². The Morgan fingerprint density at radius 3 is 1.20 bits per heavy atom. The van der Waals surface area contributed by atoms with Crippen LogP contribution >= 0.6 is 0 Å². The SMILES string of the molecule is C=Cc1ccc(C)cc1.Cc1ccc(/C=C/C(=O)c2ccc(C)cc2)cc1.Cc1ccc(/C=C/C(O)c2ccc(C)cc2)cc1.Cc1ccc(C=O)cc1. The molecule has 0 radical (unpaired) electrons. The summed E-state index contributed by atoms with van der Waals surface area (Å²) in [7, 11) is 0.